The number of halogens is 2. The lowest BCUT2D eigenvalue weighted by Gasteiger charge is -2.36. The molecule has 2 aliphatic rings. The lowest BCUT2D eigenvalue weighted by molar-refractivity contribution is -0.138. The highest BCUT2D eigenvalue weighted by Gasteiger charge is 2.40. The maximum absolute atomic E-state index is 14.0. The third kappa shape index (κ3) is 6.22. The number of carbonyl (C=O) groups excluding carboxylic acids is 1. The van der Waals surface area contributed by atoms with Crippen molar-refractivity contribution in [1.82, 2.24) is 20.1 Å². The van der Waals surface area contributed by atoms with Crippen LogP contribution in [0, 0.1) is 12.8 Å². The molecule has 3 N–H and O–H groups in total. The van der Waals surface area contributed by atoms with Gasteiger partial charge in [0.2, 0.25) is 11.5 Å². The number of nitrogens with zero attached hydrogens (tertiary/aromatic N) is 2. The van der Waals surface area contributed by atoms with E-state index < -0.39 is 6.09 Å². The van der Waals surface area contributed by atoms with E-state index in [2.05, 4.69) is 10.3 Å². The van der Waals surface area contributed by atoms with Crippen molar-refractivity contribution in [2.24, 2.45) is 5.92 Å². The zero-order valence-corrected chi connectivity index (χ0v) is 22.0. The summed E-state index contributed by atoms with van der Waals surface area (Å²) in [4.78, 5) is 43.1. The number of likely N-dealkylation sites (N-methyl/N-ethyl adjacent to an activating group) is 1. The number of hydrogen-bond donors (Lipinski definition) is 3. The largest absolute Gasteiger partial charge is 0.465 e. The highest BCUT2D eigenvalue weighted by Crippen LogP contribution is 2.37. The molecule has 1 aromatic heterocycles. The molecule has 36 heavy (non-hydrogen) atoms. The molecule has 0 bridgehead atoms. The van der Waals surface area contributed by atoms with Crippen molar-refractivity contribution in [2.75, 3.05) is 26.7 Å². The van der Waals surface area contributed by atoms with Gasteiger partial charge < -0.3 is 25.2 Å². The lowest BCUT2D eigenvalue weighted by atomic mass is 9.80. The first kappa shape index (κ1) is 26.5. The zero-order valence-electron chi connectivity index (χ0n) is 20.5. The van der Waals surface area contributed by atoms with E-state index in [9.17, 15) is 14.4 Å². The van der Waals surface area contributed by atoms with Crippen LogP contribution in [0.1, 0.15) is 47.6 Å². The highest BCUT2D eigenvalue weighted by atomic mass is 35.5. The molecule has 10 heteroatoms. The van der Waals surface area contributed by atoms with Crippen LogP contribution < -0.4 is 10.9 Å². The molecule has 0 radical (unpaired) electrons. The number of aryl methyl sites for hydroxylation is 1. The molecular weight excluding hydrogens is 503 g/mol. The van der Waals surface area contributed by atoms with E-state index in [1.54, 1.807) is 12.1 Å². The van der Waals surface area contributed by atoms with Crippen molar-refractivity contribution in [3.05, 3.63) is 67.0 Å². The first-order valence-electron chi connectivity index (χ1n) is 12.3. The summed E-state index contributed by atoms with van der Waals surface area (Å²) in [5.41, 5.74) is 3.16. The Morgan fingerprint density at radius 1 is 1.14 bits per heavy atom. The highest BCUT2D eigenvalue weighted by molar-refractivity contribution is 6.42. The summed E-state index contributed by atoms with van der Waals surface area (Å²) in [7, 11) is 1.52. The summed E-state index contributed by atoms with van der Waals surface area (Å²) in [5.74, 6) is -0.281. The summed E-state index contributed by atoms with van der Waals surface area (Å²) in [6.45, 7) is 3.85. The predicted molar refractivity (Wildman–Crippen MR) is 140 cm³/mol. The van der Waals surface area contributed by atoms with Crippen LogP contribution in [0.2, 0.25) is 10.0 Å². The van der Waals surface area contributed by atoms with Gasteiger partial charge in [-0.1, -0.05) is 29.3 Å². The summed E-state index contributed by atoms with van der Waals surface area (Å²) in [5, 5.41) is 13.3. The normalized spacial score (nSPS) is 19.7. The van der Waals surface area contributed by atoms with E-state index in [0.717, 1.165) is 48.2 Å². The quantitative estimate of drug-likeness (QED) is 0.474. The predicted octanol–water partition coefficient (Wildman–Crippen LogP) is 4.03. The smallest absolute Gasteiger partial charge is 0.407 e. The average molecular weight is 535 g/mol. The van der Waals surface area contributed by atoms with Crippen molar-refractivity contribution in [1.29, 1.82) is 0 Å². The SMILES string of the molecule is Cc1cc([C@H]2CCNC[C@@H]2C(=O)N(Cc2cc(CCN(C)C(=O)O)cc(Cl)c2Cl)C2CC2)cc(=O)[nH]1. The number of piperidine rings is 1. The molecular formula is C26H32Cl2N4O4. The second-order valence-corrected chi connectivity index (χ2v) is 10.7. The number of nitrogens with one attached hydrogen (secondary N) is 2. The molecule has 2 fully saturated rings. The second-order valence-electron chi connectivity index (χ2n) is 9.87. The average Bonchev–Trinajstić information content (AvgIpc) is 3.67. The Morgan fingerprint density at radius 3 is 2.56 bits per heavy atom. The summed E-state index contributed by atoms with van der Waals surface area (Å²) in [6, 6.07) is 7.40. The Hall–Kier alpha value is -2.55. The van der Waals surface area contributed by atoms with E-state index in [1.165, 1.54) is 11.9 Å². The molecule has 2 heterocycles. The summed E-state index contributed by atoms with van der Waals surface area (Å²) >= 11 is 13.0. The molecule has 0 spiro atoms. The Labute approximate surface area is 220 Å². The van der Waals surface area contributed by atoms with Gasteiger partial charge in [-0.05, 0) is 73.9 Å². The molecule has 2 atom stereocenters. The van der Waals surface area contributed by atoms with Gasteiger partial charge in [-0.3, -0.25) is 9.59 Å². The molecule has 8 nitrogen and oxygen atoms in total. The Kier molecular flexibility index (Phi) is 8.27. The number of aromatic amines is 1. The van der Waals surface area contributed by atoms with Crippen LogP contribution in [-0.2, 0) is 17.8 Å². The minimum Gasteiger partial charge on any atom is -0.465 e. The lowest BCUT2D eigenvalue weighted by Crippen LogP contribution is -2.47. The number of amides is 2. The fraction of sp³-hybridized carbons (Fsp3) is 0.500. The first-order chi connectivity index (χ1) is 17.1. The molecule has 2 aromatic rings. The maximum atomic E-state index is 14.0. The molecule has 4 rings (SSSR count). The standard InChI is InChI=1S/C26H32Cl2N4O4/c1-15-9-17(12-23(33)30-15)20-5-7-29-13-21(20)25(34)32(19-3-4-19)14-18-10-16(11-22(27)24(18)28)6-8-31(2)26(35)36/h9-12,19-21,29H,3-8,13-14H2,1-2H3,(H,30,33)(H,35,36)/t20-,21+/m1/s1. The minimum atomic E-state index is -0.993. The number of pyridine rings is 1. The van der Waals surface area contributed by atoms with E-state index in [4.69, 9.17) is 28.3 Å². The van der Waals surface area contributed by atoms with Crippen LogP contribution in [0.5, 0.6) is 0 Å². The molecule has 1 aromatic carbocycles. The number of carboxylic acid groups (broad SMARTS) is 1. The van der Waals surface area contributed by atoms with E-state index in [0.29, 0.717) is 36.1 Å². The van der Waals surface area contributed by atoms with Crippen LogP contribution in [-0.4, -0.2) is 64.6 Å². The number of H-pyrrole nitrogens is 1. The van der Waals surface area contributed by atoms with E-state index in [1.807, 2.05) is 24.0 Å². The number of hydrogen-bond acceptors (Lipinski definition) is 4. The second kappa shape index (κ2) is 11.2. The number of aromatic nitrogens is 1. The van der Waals surface area contributed by atoms with Gasteiger partial charge in [-0.25, -0.2) is 4.79 Å². The number of carbonyl (C=O) groups is 2. The Bertz CT molecular complexity index is 1200. The van der Waals surface area contributed by atoms with E-state index >= 15 is 0 Å². The number of rotatable bonds is 8. The topological polar surface area (TPSA) is 106 Å². The van der Waals surface area contributed by atoms with Gasteiger partial charge in [0.15, 0.2) is 0 Å². The Balaban J connectivity index is 1.58. The minimum absolute atomic E-state index is 0.0436. The fourth-order valence-electron chi connectivity index (χ4n) is 4.97. The van der Waals surface area contributed by atoms with Crippen molar-refractivity contribution in [2.45, 2.75) is 51.1 Å². The van der Waals surface area contributed by atoms with Crippen molar-refractivity contribution in [3.63, 3.8) is 0 Å². The first-order valence-corrected chi connectivity index (χ1v) is 13.0. The molecule has 1 aliphatic heterocycles. The molecule has 2 amide bonds. The van der Waals surface area contributed by atoms with Gasteiger partial charge in [0, 0.05) is 44.5 Å². The van der Waals surface area contributed by atoms with E-state index in [-0.39, 0.29) is 29.3 Å². The van der Waals surface area contributed by atoms with Gasteiger partial charge in [0.25, 0.3) is 0 Å². The third-order valence-corrected chi connectivity index (χ3v) is 7.91. The molecule has 1 saturated heterocycles. The van der Waals surface area contributed by atoms with Gasteiger partial charge in [-0.15, -0.1) is 0 Å². The molecule has 1 aliphatic carbocycles. The van der Waals surface area contributed by atoms with Gasteiger partial charge in [0.05, 0.1) is 16.0 Å². The summed E-state index contributed by atoms with van der Waals surface area (Å²) in [6.07, 6.45) is 2.15. The third-order valence-electron chi connectivity index (χ3n) is 7.07. The van der Waals surface area contributed by atoms with Gasteiger partial charge in [0.1, 0.15) is 0 Å². The fourth-order valence-corrected chi connectivity index (χ4v) is 5.40. The number of benzene rings is 1. The maximum Gasteiger partial charge on any atom is 0.407 e. The van der Waals surface area contributed by atoms with Crippen LogP contribution in [0.3, 0.4) is 0 Å². The monoisotopic (exact) mass is 534 g/mol. The van der Waals surface area contributed by atoms with Crippen molar-refractivity contribution in [3.8, 4) is 0 Å². The molecule has 1 saturated carbocycles. The summed E-state index contributed by atoms with van der Waals surface area (Å²) < 4.78 is 0. The van der Waals surface area contributed by atoms with Crippen LogP contribution >= 0.6 is 23.2 Å². The Morgan fingerprint density at radius 2 is 1.89 bits per heavy atom. The molecule has 0 unspecified atom stereocenters. The van der Waals surface area contributed by atoms with Crippen LogP contribution in [0.4, 0.5) is 4.79 Å². The molecule has 194 valence electrons. The van der Waals surface area contributed by atoms with Gasteiger partial charge >= 0.3 is 6.09 Å². The van der Waals surface area contributed by atoms with Gasteiger partial charge in [-0.2, -0.15) is 0 Å². The van der Waals surface area contributed by atoms with Crippen molar-refractivity contribution < 1.29 is 14.7 Å². The van der Waals surface area contributed by atoms with Crippen LogP contribution in [0.15, 0.2) is 29.1 Å². The van der Waals surface area contributed by atoms with Crippen LogP contribution in [0.25, 0.3) is 0 Å². The zero-order chi connectivity index (χ0) is 26.0. The van der Waals surface area contributed by atoms with Crippen molar-refractivity contribution >= 4 is 35.2 Å².